The van der Waals surface area contributed by atoms with Gasteiger partial charge in [0.2, 0.25) is 0 Å². The van der Waals surface area contributed by atoms with Gasteiger partial charge in [0, 0.05) is 57.4 Å². The predicted octanol–water partition coefficient (Wildman–Crippen LogP) is 0.469. The largest absolute Gasteiger partial charge is 0.379 e. The molecule has 0 bridgehead atoms. The summed E-state index contributed by atoms with van der Waals surface area (Å²) in [4.78, 5) is 12.6. The van der Waals surface area contributed by atoms with Crippen LogP contribution in [0.1, 0.15) is 27.2 Å². The molecule has 0 spiro atoms. The van der Waals surface area contributed by atoms with Gasteiger partial charge in [-0.05, 0) is 27.2 Å². The lowest BCUT2D eigenvalue weighted by atomic mass is 10.0. The van der Waals surface area contributed by atoms with Crippen LogP contribution in [0.15, 0.2) is 4.99 Å². The van der Waals surface area contributed by atoms with Crippen molar-refractivity contribution in [2.75, 3.05) is 78.8 Å². The maximum atomic E-state index is 5.50. The van der Waals surface area contributed by atoms with Crippen molar-refractivity contribution in [1.82, 2.24) is 20.0 Å². The number of nitrogens with zero attached hydrogens (tertiary/aromatic N) is 4. The van der Waals surface area contributed by atoms with Gasteiger partial charge in [-0.1, -0.05) is 0 Å². The fraction of sp³-hybridized carbons (Fsp3) is 0.947. The molecule has 3 rings (SSSR count). The van der Waals surface area contributed by atoms with Crippen LogP contribution >= 0.6 is 0 Å². The maximum absolute atomic E-state index is 5.50. The van der Waals surface area contributed by atoms with E-state index in [0.717, 1.165) is 84.7 Å². The zero-order valence-corrected chi connectivity index (χ0v) is 16.9. The molecule has 26 heavy (non-hydrogen) atoms. The minimum absolute atomic E-state index is 0.0633. The van der Waals surface area contributed by atoms with E-state index in [1.807, 2.05) is 0 Å². The van der Waals surface area contributed by atoms with Gasteiger partial charge in [0.1, 0.15) is 0 Å². The number of nitrogens with one attached hydrogen (secondary N) is 1. The molecule has 0 aromatic rings. The second-order valence-electron chi connectivity index (χ2n) is 8.12. The summed E-state index contributed by atoms with van der Waals surface area (Å²) in [6.45, 7) is 18.2. The van der Waals surface area contributed by atoms with Gasteiger partial charge < -0.3 is 19.7 Å². The van der Waals surface area contributed by atoms with Gasteiger partial charge in [0.15, 0.2) is 5.96 Å². The highest BCUT2D eigenvalue weighted by Gasteiger charge is 2.32. The van der Waals surface area contributed by atoms with E-state index >= 15 is 0 Å². The lowest BCUT2D eigenvalue weighted by Gasteiger charge is -2.40. The number of ether oxygens (including phenoxy) is 2. The topological polar surface area (TPSA) is 52.6 Å². The maximum Gasteiger partial charge on any atom is 0.194 e. The summed E-state index contributed by atoms with van der Waals surface area (Å²) in [7, 11) is 0. The van der Waals surface area contributed by atoms with Gasteiger partial charge in [0.05, 0.1) is 33.0 Å². The number of hydrogen-bond acceptors (Lipinski definition) is 5. The SMILES string of the molecule is CCNC(=NCC(C)(C)N1CCOCC1)N1CCC(N2CCOCC2)C1. The van der Waals surface area contributed by atoms with Crippen LogP contribution in [0.3, 0.4) is 0 Å². The van der Waals surface area contributed by atoms with Crippen molar-refractivity contribution in [2.45, 2.75) is 38.8 Å². The van der Waals surface area contributed by atoms with E-state index in [-0.39, 0.29) is 5.54 Å². The Morgan fingerprint density at radius 3 is 2.35 bits per heavy atom. The first-order valence-electron chi connectivity index (χ1n) is 10.3. The summed E-state index contributed by atoms with van der Waals surface area (Å²) < 4.78 is 11.0. The van der Waals surface area contributed by atoms with Crippen molar-refractivity contribution in [3.05, 3.63) is 0 Å². The summed E-state index contributed by atoms with van der Waals surface area (Å²) in [6, 6.07) is 0.634. The minimum Gasteiger partial charge on any atom is -0.379 e. The third-order valence-corrected chi connectivity index (χ3v) is 5.84. The highest BCUT2D eigenvalue weighted by molar-refractivity contribution is 5.80. The zero-order valence-electron chi connectivity index (χ0n) is 16.9. The molecule has 0 aromatic heterocycles. The Bertz CT molecular complexity index is 459. The van der Waals surface area contributed by atoms with Crippen LogP contribution in [0.25, 0.3) is 0 Å². The Hall–Kier alpha value is -0.890. The molecular formula is C19H37N5O2. The van der Waals surface area contributed by atoms with Gasteiger partial charge in [-0.2, -0.15) is 0 Å². The van der Waals surface area contributed by atoms with Crippen LogP contribution in [0.5, 0.6) is 0 Å². The van der Waals surface area contributed by atoms with E-state index < -0.39 is 0 Å². The van der Waals surface area contributed by atoms with Crippen molar-refractivity contribution in [2.24, 2.45) is 4.99 Å². The molecule has 1 N–H and O–H groups in total. The molecule has 1 unspecified atom stereocenters. The van der Waals surface area contributed by atoms with Crippen molar-refractivity contribution in [3.8, 4) is 0 Å². The Labute approximate surface area is 158 Å². The average Bonchev–Trinajstić information content (AvgIpc) is 3.16. The summed E-state index contributed by atoms with van der Waals surface area (Å²) in [5.74, 6) is 1.07. The van der Waals surface area contributed by atoms with Crippen LogP contribution in [-0.4, -0.2) is 111 Å². The van der Waals surface area contributed by atoms with Crippen molar-refractivity contribution in [1.29, 1.82) is 0 Å². The van der Waals surface area contributed by atoms with Gasteiger partial charge in [-0.15, -0.1) is 0 Å². The monoisotopic (exact) mass is 367 g/mol. The summed E-state index contributed by atoms with van der Waals surface area (Å²) in [6.07, 6.45) is 1.22. The van der Waals surface area contributed by atoms with E-state index in [2.05, 4.69) is 40.8 Å². The minimum atomic E-state index is 0.0633. The van der Waals surface area contributed by atoms with Gasteiger partial charge in [-0.25, -0.2) is 0 Å². The van der Waals surface area contributed by atoms with Crippen LogP contribution < -0.4 is 5.32 Å². The highest BCUT2D eigenvalue weighted by Crippen LogP contribution is 2.19. The van der Waals surface area contributed by atoms with E-state index in [0.29, 0.717) is 6.04 Å². The fourth-order valence-corrected chi connectivity index (χ4v) is 4.14. The molecule has 0 saturated carbocycles. The van der Waals surface area contributed by atoms with Crippen LogP contribution in [0.2, 0.25) is 0 Å². The van der Waals surface area contributed by atoms with Gasteiger partial charge in [-0.3, -0.25) is 14.8 Å². The third-order valence-electron chi connectivity index (χ3n) is 5.84. The molecule has 0 aromatic carbocycles. The molecule has 3 heterocycles. The second-order valence-corrected chi connectivity index (χ2v) is 8.12. The number of hydrogen-bond donors (Lipinski definition) is 1. The first-order valence-corrected chi connectivity index (χ1v) is 10.3. The molecule has 7 heteroatoms. The molecule has 0 aliphatic carbocycles. The predicted molar refractivity (Wildman–Crippen MR) is 105 cm³/mol. The molecule has 3 saturated heterocycles. The van der Waals surface area contributed by atoms with Crippen LogP contribution in [-0.2, 0) is 9.47 Å². The first-order chi connectivity index (χ1) is 12.6. The number of rotatable bonds is 5. The Balaban J connectivity index is 1.58. The van der Waals surface area contributed by atoms with Crippen molar-refractivity contribution in [3.63, 3.8) is 0 Å². The Morgan fingerprint density at radius 2 is 1.69 bits per heavy atom. The van der Waals surface area contributed by atoms with E-state index in [4.69, 9.17) is 14.5 Å². The second kappa shape index (κ2) is 9.35. The highest BCUT2D eigenvalue weighted by atomic mass is 16.5. The zero-order chi connectivity index (χ0) is 18.4. The molecule has 7 nitrogen and oxygen atoms in total. The lowest BCUT2D eigenvalue weighted by molar-refractivity contribution is -0.00689. The van der Waals surface area contributed by atoms with E-state index in [1.54, 1.807) is 0 Å². The Kier molecular flexibility index (Phi) is 7.14. The van der Waals surface area contributed by atoms with Crippen LogP contribution in [0.4, 0.5) is 0 Å². The average molecular weight is 368 g/mol. The summed E-state index contributed by atoms with van der Waals surface area (Å²) in [5, 5.41) is 3.51. The molecule has 150 valence electrons. The normalized spacial score (nSPS) is 27.1. The molecular weight excluding hydrogens is 330 g/mol. The number of likely N-dealkylation sites (tertiary alicyclic amines) is 1. The Morgan fingerprint density at radius 1 is 1.04 bits per heavy atom. The fourth-order valence-electron chi connectivity index (χ4n) is 4.14. The van der Waals surface area contributed by atoms with Crippen LogP contribution in [0, 0.1) is 0 Å². The van der Waals surface area contributed by atoms with Gasteiger partial charge >= 0.3 is 0 Å². The van der Waals surface area contributed by atoms with Crippen molar-refractivity contribution < 1.29 is 9.47 Å². The standard InChI is InChI=1S/C19H37N5O2/c1-4-20-18(21-16-19(2,3)24-9-13-26-14-10-24)23-6-5-17(15-23)22-7-11-25-12-8-22/h17H,4-16H2,1-3H3,(H,20,21). The number of aliphatic imine (C=N–C) groups is 1. The molecule has 3 aliphatic rings. The number of morpholine rings is 2. The smallest absolute Gasteiger partial charge is 0.194 e. The van der Waals surface area contributed by atoms with E-state index in [1.165, 1.54) is 6.42 Å². The van der Waals surface area contributed by atoms with Gasteiger partial charge in [0.25, 0.3) is 0 Å². The van der Waals surface area contributed by atoms with E-state index in [9.17, 15) is 0 Å². The molecule has 0 amide bonds. The molecule has 3 fully saturated rings. The first kappa shape index (κ1) is 19.9. The van der Waals surface area contributed by atoms with Crippen molar-refractivity contribution >= 4 is 5.96 Å². The summed E-state index contributed by atoms with van der Waals surface area (Å²) in [5.41, 5.74) is 0.0633. The third kappa shape index (κ3) is 5.09. The molecule has 1 atom stereocenters. The summed E-state index contributed by atoms with van der Waals surface area (Å²) >= 11 is 0. The number of guanidine groups is 1. The molecule has 0 radical (unpaired) electrons. The molecule has 3 aliphatic heterocycles. The lowest BCUT2D eigenvalue weighted by Crippen LogP contribution is -2.52. The quantitative estimate of drug-likeness (QED) is 0.563.